The number of hydrogen-bond acceptors (Lipinski definition) is 0. The van der Waals surface area contributed by atoms with E-state index in [1.165, 1.54) is 38.5 Å². The molecule has 2 rings (SSSR count). The van der Waals surface area contributed by atoms with Crippen LogP contribution in [0.5, 0.6) is 0 Å². The van der Waals surface area contributed by atoms with Crippen LogP contribution in [0.1, 0.15) is 66.2 Å². The molecule has 0 spiro atoms. The third-order valence-corrected chi connectivity index (χ3v) is 4.14. The Bertz CT molecular complexity index is 132. The molecule has 0 aromatic carbocycles. The van der Waals surface area contributed by atoms with Gasteiger partial charge in [-0.25, -0.2) is 0 Å². The molecule has 2 saturated carbocycles. The molecular weight excluding hydrogens is 168 g/mol. The van der Waals surface area contributed by atoms with E-state index in [2.05, 4.69) is 13.8 Å². The van der Waals surface area contributed by atoms with E-state index in [4.69, 9.17) is 0 Å². The summed E-state index contributed by atoms with van der Waals surface area (Å²) in [5.41, 5.74) is 0. The predicted octanol–water partition coefficient (Wildman–Crippen LogP) is 4.89. The van der Waals surface area contributed by atoms with Gasteiger partial charge in [0.2, 0.25) is 0 Å². The van der Waals surface area contributed by atoms with Crippen LogP contribution in [0.4, 0.5) is 0 Å². The van der Waals surface area contributed by atoms with Crippen LogP contribution in [0.25, 0.3) is 0 Å². The molecule has 0 aromatic heterocycles. The second-order valence-corrected chi connectivity index (χ2v) is 5.36. The van der Waals surface area contributed by atoms with Crippen LogP contribution in [-0.4, -0.2) is 0 Å². The molecule has 0 aliphatic heterocycles. The Labute approximate surface area is 90.5 Å². The van der Waals surface area contributed by atoms with Gasteiger partial charge in [0.15, 0.2) is 0 Å². The van der Waals surface area contributed by atoms with Gasteiger partial charge in [-0.15, -0.1) is 0 Å². The average molecular weight is 196 g/mol. The van der Waals surface area contributed by atoms with E-state index < -0.39 is 0 Å². The second-order valence-electron chi connectivity index (χ2n) is 5.36. The highest BCUT2D eigenvalue weighted by atomic mass is 14.4. The lowest BCUT2D eigenvalue weighted by atomic mass is 9.65. The average Bonchev–Trinajstić information content (AvgIpc) is 2.21. The molecular formula is C14H28. The van der Waals surface area contributed by atoms with E-state index >= 15 is 0 Å². The third-order valence-electron chi connectivity index (χ3n) is 4.14. The highest BCUT2D eigenvalue weighted by Crippen LogP contribution is 2.44. The quantitative estimate of drug-likeness (QED) is 0.518. The van der Waals surface area contributed by atoms with Crippen LogP contribution >= 0.6 is 0 Å². The SMILES string of the molecule is CC.CC1CC[C@H]2CC(C)CCC2C1. The topological polar surface area (TPSA) is 0 Å². The Morgan fingerprint density at radius 3 is 1.36 bits per heavy atom. The summed E-state index contributed by atoms with van der Waals surface area (Å²) in [7, 11) is 0. The van der Waals surface area contributed by atoms with Crippen molar-refractivity contribution in [2.45, 2.75) is 66.2 Å². The summed E-state index contributed by atoms with van der Waals surface area (Å²) in [6.45, 7) is 8.88. The van der Waals surface area contributed by atoms with Gasteiger partial charge < -0.3 is 0 Å². The second kappa shape index (κ2) is 5.78. The summed E-state index contributed by atoms with van der Waals surface area (Å²) in [6, 6.07) is 0. The van der Waals surface area contributed by atoms with Crippen molar-refractivity contribution < 1.29 is 0 Å². The lowest BCUT2D eigenvalue weighted by Crippen LogP contribution is -2.29. The zero-order valence-corrected chi connectivity index (χ0v) is 10.6. The van der Waals surface area contributed by atoms with E-state index in [9.17, 15) is 0 Å². The number of fused-ring (bicyclic) bond motifs is 1. The fourth-order valence-corrected chi connectivity index (χ4v) is 3.36. The first-order valence-electron chi connectivity index (χ1n) is 6.75. The molecule has 0 aromatic rings. The number of rotatable bonds is 0. The van der Waals surface area contributed by atoms with Gasteiger partial charge in [0.25, 0.3) is 0 Å². The largest absolute Gasteiger partial charge is 0.0683 e. The Balaban J connectivity index is 0.000000461. The zero-order chi connectivity index (χ0) is 10.6. The molecule has 0 amide bonds. The highest BCUT2D eigenvalue weighted by molar-refractivity contribution is 4.83. The monoisotopic (exact) mass is 196 g/mol. The fourth-order valence-electron chi connectivity index (χ4n) is 3.36. The van der Waals surface area contributed by atoms with Crippen molar-refractivity contribution in [2.75, 3.05) is 0 Å². The van der Waals surface area contributed by atoms with Crippen molar-refractivity contribution in [3.05, 3.63) is 0 Å². The van der Waals surface area contributed by atoms with Crippen LogP contribution in [0.2, 0.25) is 0 Å². The van der Waals surface area contributed by atoms with Crippen LogP contribution in [0.15, 0.2) is 0 Å². The van der Waals surface area contributed by atoms with Crippen molar-refractivity contribution in [2.24, 2.45) is 23.7 Å². The minimum Gasteiger partial charge on any atom is -0.0683 e. The van der Waals surface area contributed by atoms with Crippen molar-refractivity contribution in [1.82, 2.24) is 0 Å². The molecule has 0 radical (unpaired) electrons. The maximum atomic E-state index is 2.44. The molecule has 4 atom stereocenters. The third kappa shape index (κ3) is 3.00. The molecule has 0 heterocycles. The van der Waals surface area contributed by atoms with Crippen molar-refractivity contribution in [3.63, 3.8) is 0 Å². The molecule has 3 unspecified atom stereocenters. The normalized spacial score (nSPS) is 42.0. The molecule has 14 heavy (non-hydrogen) atoms. The van der Waals surface area contributed by atoms with E-state index in [0.717, 1.165) is 23.7 Å². The lowest BCUT2D eigenvalue weighted by molar-refractivity contribution is 0.109. The minimum atomic E-state index is 1.03. The van der Waals surface area contributed by atoms with Crippen molar-refractivity contribution in [1.29, 1.82) is 0 Å². The molecule has 0 saturated heterocycles. The van der Waals surface area contributed by atoms with Gasteiger partial charge >= 0.3 is 0 Å². The lowest BCUT2D eigenvalue weighted by Gasteiger charge is -2.40. The van der Waals surface area contributed by atoms with Gasteiger partial charge in [0.05, 0.1) is 0 Å². The van der Waals surface area contributed by atoms with Crippen LogP contribution in [0, 0.1) is 23.7 Å². The summed E-state index contributed by atoms with van der Waals surface area (Å²) in [5, 5.41) is 0. The summed E-state index contributed by atoms with van der Waals surface area (Å²) in [5.74, 6) is 4.29. The predicted molar refractivity (Wildman–Crippen MR) is 64.4 cm³/mol. The molecule has 2 aliphatic rings. The van der Waals surface area contributed by atoms with Gasteiger partial charge in [-0.05, 0) is 49.4 Å². The highest BCUT2D eigenvalue weighted by Gasteiger charge is 2.32. The molecule has 2 aliphatic carbocycles. The van der Waals surface area contributed by atoms with E-state index in [1.54, 1.807) is 0 Å². The first-order chi connectivity index (χ1) is 6.75. The Kier molecular flexibility index (Phi) is 4.98. The summed E-state index contributed by atoms with van der Waals surface area (Å²) >= 11 is 0. The first-order valence-corrected chi connectivity index (χ1v) is 6.75. The summed E-state index contributed by atoms with van der Waals surface area (Å²) in [4.78, 5) is 0. The van der Waals surface area contributed by atoms with E-state index in [1.807, 2.05) is 13.8 Å². The van der Waals surface area contributed by atoms with Crippen molar-refractivity contribution in [3.8, 4) is 0 Å². The molecule has 84 valence electrons. The van der Waals surface area contributed by atoms with E-state index in [-0.39, 0.29) is 0 Å². The maximum absolute atomic E-state index is 2.44. The fraction of sp³-hybridized carbons (Fsp3) is 1.00. The molecule has 2 fully saturated rings. The Morgan fingerprint density at radius 1 is 0.643 bits per heavy atom. The molecule has 0 heteroatoms. The summed E-state index contributed by atoms with van der Waals surface area (Å²) in [6.07, 6.45) is 9.17. The van der Waals surface area contributed by atoms with Gasteiger partial charge in [0.1, 0.15) is 0 Å². The van der Waals surface area contributed by atoms with Crippen LogP contribution < -0.4 is 0 Å². The van der Waals surface area contributed by atoms with Gasteiger partial charge in [-0.2, -0.15) is 0 Å². The van der Waals surface area contributed by atoms with Gasteiger partial charge in [-0.3, -0.25) is 0 Å². The van der Waals surface area contributed by atoms with Crippen LogP contribution in [0.3, 0.4) is 0 Å². The molecule has 0 N–H and O–H groups in total. The Morgan fingerprint density at radius 2 is 1.00 bits per heavy atom. The van der Waals surface area contributed by atoms with E-state index in [0.29, 0.717) is 0 Å². The zero-order valence-electron chi connectivity index (χ0n) is 10.6. The van der Waals surface area contributed by atoms with Gasteiger partial charge in [0, 0.05) is 0 Å². The molecule has 0 bridgehead atoms. The van der Waals surface area contributed by atoms with Crippen LogP contribution in [-0.2, 0) is 0 Å². The molecule has 0 nitrogen and oxygen atoms in total. The number of hydrogen-bond donors (Lipinski definition) is 0. The standard InChI is InChI=1S/C12H22.C2H6/c1-9-3-5-12-8-10(2)4-6-11(12)7-9;1-2/h9-12H,3-8H2,1-2H3;1-2H3/t9?,10?,11-,12?;/m0./s1. The minimum absolute atomic E-state index is 1.03. The maximum Gasteiger partial charge on any atom is -0.0383 e. The van der Waals surface area contributed by atoms with Crippen molar-refractivity contribution >= 4 is 0 Å². The first kappa shape index (κ1) is 12.1. The van der Waals surface area contributed by atoms with Gasteiger partial charge in [-0.1, -0.05) is 40.5 Å². The summed E-state index contributed by atoms with van der Waals surface area (Å²) < 4.78 is 0. The smallest absolute Gasteiger partial charge is 0.0383 e. The Hall–Kier alpha value is 0.